The maximum absolute atomic E-state index is 13.0. The molecule has 5 nitrogen and oxygen atoms in total. The first kappa shape index (κ1) is 21.6. The summed E-state index contributed by atoms with van der Waals surface area (Å²) in [4.78, 5) is 27.4. The number of hydrogen-bond acceptors (Lipinski definition) is 4. The number of rotatable bonds is 5. The third kappa shape index (κ3) is 3.84. The Balaban J connectivity index is 2.26. The molecule has 1 unspecified atom stereocenters. The van der Waals surface area contributed by atoms with Crippen molar-refractivity contribution in [2.24, 2.45) is 0 Å². The van der Waals surface area contributed by atoms with Gasteiger partial charge in [0, 0.05) is 6.54 Å². The zero-order valence-corrected chi connectivity index (χ0v) is 18.2. The Bertz CT molecular complexity index is 986. The summed E-state index contributed by atoms with van der Waals surface area (Å²) in [6.45, 7) is 8.60. The zero-order valence-electron chi connectivity index (χ0n) is 18.2. The number of carbonyl (C=O) groups excluding carboxylic acids is 2. The van der Waals surface area contributed by atoms with Crippen molar-refractivity contribution in [3.05, 3.63) is 70.8 Å². The molecule has 3 rings (SSSR count). The number of aliphatic hydroxyl groups excluding tert-OH is 1. The lowest BCUT2D eigenvalue weighted by molar-refractivity contribution is -0.139. The SMILES string of the molecule is CCCN1C(=O)C(=O)/C(=C(/O)c2cc(C(C)(C)C)ccc2OC)C1c1ccccc1. The highest BCUT2D eigenvalue weighted by Crippen LogP contribution is 2.41. The van der Waals surface area contributed by atoms with Gasteiger partial charge in [-0.1, -0.05) is 64.1 Å². The minimum absolute atomic E-state index is 0.101. The van der Waals surface area contributed by atoms with Gasteiger partial charge in [-0.25, -0.2) is 0 Å². The maximum Gasteiger partial charge on any atom is 0.295 e. The second kappa shape index (κ2) is 8.34. The molecule has 1 fully saturated rings. The number of Topliss-reactive ketones (excluding diaryl/α,β-unsaturated/α-hetero) is 1. The standard InChI is InChI=1S/C25H29NO4/c1-6-14-26-21(16-10-8-7-9-11-16)20(23(28)24(26)29)22(27)18-15-17(25(2,3)4)12-13-19(18)30-5/h7-13,15,21,27H,6,14H2,1-5H3/b22-20+. The number of methoxy groups -OCH3 is 1. The fourth-order valence-corrected chi connectivity index (χ4v) is 3.84. The predicted molar refractivity (Wildman–Crippen MR) is 117 cm³/mol. The van der Waals surface area contributed by atoms with Crippen molar-refractivity contribution in [2.45, 2.75) is 45.6 Å². The molecule has 2 aromatic rings. The van der Waals surface area contributed by atoms with Crippen molar-refractivity contribution >= 4 is 17.4 Å². The molecule has 0 saturated carbocycles. The van der Waals surface area contributed by atoms with E-state index in [-0.39, 0.29) is 16.7 Å². The van der Waals surface area contributed by atoms with E-state index in [1.54, 1.807) is 11.0 Å². The van der Waals surface area contributed by atoms with Gasteiger partial charge < -0.3 is 14.7 Å². The molecule has 1 N–H and O–H groups in total. The van der Waals surface area contributed by atoms with Crippen molar-refractivity contribution in [1.29, 1.82) is 0 Å². The molecule has 0 aromatic heterocycles. The normalized spacial score (nSPS) is 18.7. The molecule has 1 saturated heterocycles. The van der Waals surface area contributed by atoms with Crippen LogP contribution in [0, 0.1) is 0 Å². The van der Waals surface area contributed by atoms with Crippen LogP contribution in [0.2, 0.25) is 0 Å². The highest BCUT2D eigenvalue weighted by Gasteiger charge is 2.45. The second-order valence-electron chi connectivity index (χ2n) is 8.57. The van der Waals surface area contributed by atoms with Crippen molar-refractivity contribution in [3.63, 3.8) is 0 Å². The molecule has 1 heterocycles. The van der Waals surface area contributed by atoms with E-state index in [0.29, 0.717) is 24.3 Å². The number of likely N-dealkylation sites (tertiary alicyclic amines) is 1. The Morgan fingerprint density at radius 3 is 2.33 bits per heavy atom. The summed E-state index contributed by atoms with van der Waals surface area (Å²) in [7, 11) is 1.52. The van der Waals surface area contributed by atoms with Crippen LogP contribution in [0.4, 0.5) is 0 Å². The van der Waals surface area contributed by atoms with Crippen molar-refractivity contribution in [2.75, 3.05) is 13.7 Å². The van der Waals surface area contributed by atoms with Crippen LogP contribution in [0.25, 0.3) is 5.76 Å². The second-order valence-corrected chi connectivity index (χ2v) is 8.57. The van der Waals surface area contributed by atoms with Gasteiger partial charge in [-0.05, 0) is 35.1 Å². The van der Waals surface area contributed by atoms with E-state index >= 15 is 0 Å². The lowest BCUT2D eigenvalue weighted by Crippen LogP contribution is -2.30. The van der Waals surface area contributed by atoms with E-state index in [4.69, 9.17) is 4.74 Å². The molecule has 0 bridgehead atoms. The average molecular weight is 408 g/mol. The van der Waals surface area contributed by atoms with Gasteiger partial charge in [0.2, 0.25) is 0 Å². The zero-order chi connectivity index (χ0) is 22.1. The number of hydrogen-bond donors (Lipinski definition) is 1. The molecule has 5 heteroatoms. The Morgan fingerprint density at radius 2 is 1.77 bits per heavy atom. The summed E-state index contributed by atoms with van der Waals surface area (Å²) in [5.41, 5.74) is 2.14. The quantitative estimate of drug-likeness (QED) is 0.438. The monoisotopic (exact) mass is 407 g/mol. The molecular formula is C25H29NO4. The highest BCUT2D eigenvalue weighted by molar-refractivity contribution is 6.46. The minimum Gasteiger partial charge on any atom is -0.507 e. The van der Waals surface area contributed by atoms with E-state index in [0.717, 1.165) is 11.1 Å². The first-order chi connectivity index (χ1) is 14.2. The van der Waals surface area contributed by atoms with Gasteiger partial charge in [-0.2, -0.15) is 0 Å². The van der Waals surface area contributed by atoms with Crippen molar-refractivity contribution < 1.29 is 19.4 Å². The summed E-state index contributed by atoms with van der Waals surface area (Å²) in [6.07, 6.45) is 0.708. The lowest BCUT2D eigenvalue weighted by Gasteiger charge is -2.25. The first-order valence-corrected chi connectivity index (χ1v) is 10.2. The van der Waals surface area contributed by atoms with Crippen LogP contribution in [0.3, 0.4) is 0 Å². The van der Waals surface area contributed by atoms with Gasteiger partial charge in [-0.15, -0.1) is 0 Å². The Kier molecular flexibility index (Phi) is 6.01. The van der Waals surface area contributed by atoms with Gasteiger partial charge >= 0.3 is 0 Å². The van der Waals surface area contributed by atoms with Crippen molar-refractivity contribution in [3.8, 4) is 5.75 Å². The Morgan fingerprint density at radius 1 is 1.10 bits per heavy atom. The Labute approximate surface area is 178 Å². The molecule has 1 aliphatic rings. The molecule has 30 heavy (non-hydrogen) atoms. The molecule has 2 aromatic carbocycles. The summed E-state index contributed by atoms with van der Waals surface area (Å²) in [6, 6.07) is 14.3. The molecule has 0 spiro atoms. The van der Waals surface area contributed by atoms with Crippen LogP contribution in [-0.2, 0) is 15.0 Å². The minimum atomic E-state index is -0.669. The Hall–Kier alpha value is -3.08. The molecule has 1 amide bonds. The van der Waals surface area contributed by atoms with E-state index in [9.17, 15) is 14.7 Å². The summed E-state index contributed by atoms with van der Waals surface area (Å²) < 4.78 is 5.47. The smallest absolute Gasteiger partial charge is 0.295 e. The summed E-state index contributed by atoms with van der Waals surface area (Å²) in [5.74, 6) is -1.01. The van der Waals surface area contributed by atoms with Crippen LogP contribution in [-0.4, -0.2) is 35.4 Å². The summed E-state index contributed by atoms with van der Waals surface area (Å²) >= 11 is 0. The van der Waals surface area contributed by atoms with Gasteiger partial charge in [0.05, 0.1) is 24.3 Å². The number of benzene rings is 2. The first-order valence-electron chi connectivity index (χ1n) is 10.2. The van der Waals surface area contributed by atoms with Crippen LogP contribution in [0.5, 0.6) is 5.75 Å². The molecule has 0 aliphatic carbocycles. The van der Waals surface area contributed by atoms with Gasteiger partial charge in [0.15, 0.2) is 0 Å². The van der Waals surface area contributed by atoms with E-state index < -0.39 is 17.7 Å². The van der Waals surface area contributed by atoms with Crippen LogP contribution < -0.4 is 4.74 Å². The van der Waals surface area contributed by atoms with Gasteiger partial charge in [0.1, 0.15) is 11.5 Å². The number of amides is 1. The van der Waals surface area contributed by atoms with Crippen molar-refractivity contribution in [1.82, 2.24) is 4.90 Å². The molecular weight excluding hydrogens is 378 g/mol. The van der Waals surface area contributed by atoms with E-state index in [2.05, 4.69) is 20.8 Å². The number of nitrogens with zero attached hydrogens (tertiary/aromatic N) is 1. The largest absolute Gasteiger partial charge is 0.507 e. The van der Waals surface area contributed by atoms with Crippen LogP contribution in [0.1, 0.15) is 56.8 Å². The number of ketones is 1. The van der Waals surface area contributed by atoms with Crippen LogP contribution in [0.15, 0.2) is 54.1 Å². The maximum atomic E-state index is 13.0. The molecule has 158 valence electrons. The molecule has 0 radical (unpaired) electrons. The number of aliphatic hydroxyl groups is 1. The topological polar surface area (TPSA) is 66.8 Å². The molecule has 1 atom stereocenters. The predicted octanol–water partition coefficient (Wildman–Crippen LogP) is 4.82. The number of ether oxygens (including phenoxy) is 1. The molecule has 1 aliphatic heterocycles. The third-order valence-corrected chi connectivity index (χ3v) is 5.44. The highest BCUT2D eigenvalue weighted by atomic mass is 16.5. The number of carbonyl (C=O) groups is 2. The van der Waals surface area contributed by atoms with Crippen LogP contribution >= 0.6 is 0 Å². The van der Waals surface area contributed by atoms with Gasteiger partial charge in [0.25, 0.3) is 11.7 Å². The lowest BCUT2D eigenvalue weighted by atomic mass is 9.85. The fraction of sp³-hybridized carbons (Fsp3) is 0.360. The van der Waals surface area contributed by atoms with E-state index in [1.165, 1.54) is 7.11 Å². The van der Waals surface area contributed by atoms with Gasteiger partial charge in [-0.3, -0.25) is 9.59 Å². The average Bonchev–Trinajstić information content (AvgIpc) is 2.98. The third-order valence-electron chi connectivity index (χ3n) is 5.44. The summed E-state index contributed by atoms with van der Waals surface area (Å²) in [5, 5.41) is 11.3. The van der Waals surface area contributed by atoms with E-state index in [1.807, 2.05) is 49.4 Å². The fourth-order valence-electron chi connectivity index (χ4n) is 3.84.